The second-order valence-corrected chi connectivity index (χ2v) is 18.1. The quantitative estimate of drug-likeness (QED) is 0.130. The molecule has 0 saturated heterocycles. The molecular formula is C34H40N4O5Si. The average Bonchev–Trinajstić information content (AvgIpc) is 3.37. The van der Waals surface area contributed by atoms with Crippen molar-refractivity contribution in [1.29, 1.82) is 0 Å². The summed E-state index contributed by atoms with van der Waals surface area (Å²) in [5.74, 6) is -0.632. The van der Waals surface area contributed by atoms with Gasteiger partial charge in [0.15, 0.2) is 5.60 Å². The third-order valence-corrected chi connectivity index (χ3v) is 12.6. The molecule has 2 amide bonds. The van der Waals surface area contributed by atoms with Gasteiger partial charge < -0.3 is 30.2 Å². The highest BCUT2D eigenvalue weighted by atomic mass is 28.3. The highest BCUT2D eigenvalue weighted by Crippen LogP contribution is 2.36. The Morgan fingerprint density at radius 2 is 1.93 bits per heavy atom. The smallest absolute Gasteiger partial charge is 0.342 e. The van der Waals surface area contributed by atoms with Crippen LogP contribution in [0, 0.1) is 0 Å². The van der Waals surface area contributed by atoms with Crippen molar-refractivity contribution in [3.8, 4) is 0 Å². The Kier molecular flexibility index (Phi) is 7.98. The fourth-order valence-corrected chi connectivity index (χ4v) is 8.94. The van der Waals surface area contributed by atoms with E-state index in [9.17, 15) is 19.8 Å². The van der Waals surface area contributed by atoms with Crippen LogP contribution < -0.4 is 21.5 Å². The summed E-state index contributed by atoms with van der Waals surface area (Å²) in [7, 11) is -1.53. The van der Waals surface area contributed by atoms with E-state index >= 15 is 0 Å². The van der Waals surface area contributed by atoms with Crippen molar-refractivity contribution in [2.24, 2.45) is 0 Å². The van der Waals surface area contributed by atoms with Crippen LogP contribution in [0.4, 0.5) is 10.5 Å². The van der Waals surface area contributed by atoms with Crippen LogP contribution >= 0.6 is 0 Å². The predicted molar refractivity (Wildman–Crippen MR) is 172 cm³/mol. The zero-order valence-corrected chi connectivity index (χ0v) is 26.6. The molecule has 3 heterocycles. The molecule has 0 spiro atoms. The van der Waals surface area contributed by atoms with Gasteiger partial charge in [-0.2, -0.15) is 0 Å². The molecule has 6 rings (SSSR count). The number of anilines is 1. The molecule has 9 nitrogen and oxygen atoms in total. The molecule has 3 aromatic rings. The summed E-state index contributed by atoms with van der Waals surface area (Å²) < 4.78 is 7.34. The number of benzene rings is 2. The fourth-order valence-electron chi connectivity index (χ4n) is 6.61. The molecular weight excluding hydrogens is 572 g/mol. The number of hydrogen-bond acceptors (Lipinski definition) is 6. The van der Waals surface area contributed by atoms with E-state index in [1.807, 2.05) is 30.3 Å². The molecule has 0 fully saturated rings. The van der Waals surface area contributed by atoms with Gasteiger partial charge >= 0.3 is 12.0 Å². The molecule has 2 aromatic carbocycles. The van der Waals surface area contributed by atoms with Gasteiger partial charge in [0.25, 0.3) is 0 Å². The van der Waals surface area contributed by atoms with Crippen LogP contribution in [-0.2, 0) is 28.9 Å². The normalized spacial score (nSPS) is 18.8. The lowest BCUT2D eigenvalue weighted by molar-refractivity contribution is -0.163. The van der Waals surface area contributed by atoms with Gasteiger partial charge in [-0.15, -0.1) is 0 Å². The van der Waals surface area contributed by atoms with Crippen molar-refractivity contribution in [1.82, 2.24) is 14.9 Å². The van der Waals surface area contributed by atoms with Gasteiger partial charge in [-0.1, -0.05) is 68.5 Å². The molecule has 1 atom stereocenters. The second kappa shape index (κ2) is 11.7. The van der Waals surface area contributed by atoms with Gasteiger partial charge in [0.05, 0.1) is 12.2 Å². The largest absolute Gasteiger partial charge is 0.505 e. The van der Waals surface area contributed by atoms with Gasteiger partial charge in [0.2, 0.25) is 0 Å². The van der Waals surface area contributed by atoms with Crippen molar-refractivity contribution in [3.05, 3.63) is 92.9 Å². The maximum Gasteiger partial charge on any atom is 0.342 e. The van der Waals surface area contributed by atoms with Crippen LogP contribution in [0.5, 0.6) is 0 Å². The zero-order chi connectivity index (χ0) is 31.1. The molecule has 0 saturated carbocycles. The van der Waals surface area contributed by atoms with Crippen molar-refractivity contribution in [2.45, 2.75) is 69.9 Å². The highest BCUT2D eigenvalue weighted by Gasteiger charge is 2.47. The van der Waals surface area contributed by atoms with E-state index in [4.69, 9.17) is 9.72 Å². The number of esters is 1. The summed E-state index contributed by atoms with van der Waals surface area (Å²) >= 11 is 0. The number of nitrogens with one attached hydrogen (secondary N) is 2. The van der Waals surface area contributed by atoms with Crippen LogP contribution in [0.25, 0.3) is 11.8 Å². The number of urea groups is 1. The number of amides is 2. The second-order valence-electron chi connectivity index (χ2n) is 12.8. The number of rotatable bonds is 9. The van der Waals surface area contributed by atoms with Gasteiger partial charge in [-0.05, 0) is 59.7 Å². The number of fused-ring (bicyclic) bond motifs is 4. The van der Waals surface area contributed by atoms with Crippen molar-refractivity contribution in [3.63, 3.8) is 0 Å². The number of ether oxygens (including phenoxy) is 1. The molecule has 1 aliphatic carbocycles. The number of carbonyl (C=O) groups is 2. The highest BCUT2D eigenvalue weighted by molar-refractivity contribution is 6.77. The maximum absolute atomic E-state index is 12.5. The molecule has 230 valence electrons. The standard InChI is InChI=1S/C34H40N4O5Si/c1-4-34(42)27-19-28-30(31(39)26(27)21-43-32(34)40)38-20-25-22(10-8-11-23(25)18-29(38)37-28)14-17-44(2,3)16-9-15-35-33(41)36-24-12-6-5-7-13-24/h5-8,10-13,18,39,42H,4,9,14-17,19-21H2,1-3H3,(H2,35,36,41). The first-order valence-corrected chi connectivity index (χ1v) is 18.8. The number of aromatic nitrogens is 2. The first-order chi connectivity index (χ1) is 21.1. The molecule has 3 aliphatic rings. The number of hydrogen-bond donors (Lipinski definition) is 4. The Labute approximate surface area is 258 Å². The minimum absolute atomic E-state index is 0.0355. The maximum atomic E-state index is 12.5. The van der Waals surface area contributed by atoms with E-state index in [1.54, 1.807) is 6.92 Å². The molecule has 44 heavy (non-hydrogen) atoms. The van der Waals surface area contributed by atoms with Gasteiger partial charge in [-0.3, -0.25) is 0 Å². The van der Waals surface area contributed by atoms with Gasteiger partial charge in [0.1, 0.15) is 23.2 Å². The SMILES string of the molecule is CCC1(O)C(=O)OCC2=C1Cc1nc3n(c1=C2O)Cc1c(cccc1CC[Si](C)(C)CCCNC(=O)Nc1ccccc1)C=3. The summed E-state index contributed by atoms with van der Waals surface area (Å²) in [6, 6.07) is 17.9. The lowest BCUT2D eigenvalue weighted by Gasteiger charge is -2.35. The number of cyclic esters (lactones) is 1. The third-order valence-electron chi connectivity index (χ3n) is 9.31. The van der Waals surface area contributed by atoms with E-state index in [0.29, 0.717) is 41.7 Å². The van der Waals surface area contributed by atoms with Crippen LogP contribution in [0.3, 0.4) is 0 Å². The molecule has 1 aromatic heterocycles. The van der Waals surface area contributed by atoms with Crippen LogP contribution in [0.15, 0.2) is 59.7 Å². The molecule has 1 unspecified atom stereocenters. The average molecular weight is 613 g/mol. The topological polar surface area (TPSA) is 126 Å². The molecule has 0 radical (unpaired) electrons. The minimum atomic E-state index is -1.75. The molecule has 0 bridgehead atoms. The lowest BCUT2D eigenvalue weighted by Crippen LogP contribution is -2.49. The minimum Gasteiger partial charge on any atom is -0.505 e. The van der Waals surface area contributed by atoms with E-state index < -0.39 is 19.6 Å². The number of nitrogens with zero attached hydrogens (tertiary/aromatic N) is 2. The summed E-state index contributed by atoms with van der Waals surface area (Å²) in [6.07, 6.45) is 4.45. The summed E-state index contributed by atoms with van der Waals surface area (Å²) in [4.78, 5) is 29.5. The first kappa shape index (κ1) is 29.9. The zero-order valence-electron chi connectivity index (χ0n) is 25.6. The van der Waals surface area contributed by atoms with E-state index in [2.05, 4.69) is 52.6 Å². The summed E-state index contributed by atoms with van der Waals surface area (Å²) in [5.41, 5.74) is 5.12. The molecule has 2 aliphatic heterocycles. The van der Waals surface area contributed by atoms with E-state index in [0.717, 1.165) is 41.7 Å². The number of para-hydroxylation sites is 1. The number of aryl methyl sites for hydroxylation is 1. The van der Waals surface area contributed by atoms with Crippen molar-refractivity contribution < 1.29 is 24.5 Å². The third kappa shape index (κ3) is 5.59. The van der Waals surface area contributed by atoms with Crippen molar-refractivity contribution in [2.75, 3.05) is 18.5 Å². The molecule has 4 N–H and O–H groups in total. The van der Waals surface area contributed by atoms with E-state index in [1.165, 1.54) is 11.1 Å². The first-order valence-electron chi connectivity index (χ1n) is 15.4. The molecule has 10 heteroatoms. The number of aliphatic hydroxyl groups is 2. The Bertz CT molecular complexity index is 1780. The summed E-state index contributed by atoms with van der Waals surface area (Å²) in [5, 5.41) is 29.0. The van der Waals surface area contributed by atoms with Gasteiger partial charge in [0, 0.05) is 32.3 Å². The Morgan fingerprint density at radius 1 is 1.14 bits per heavy atom. The number of imidazole rings is 1. The number of carbonyl (C=O) groups excluding carboxylic acids is 2. The van der Waals surface area contributed by atoms with Gasteiger partial charge in [-0.25, -0.2) is 14.6 Å². The van der Waals surface area contributed by atoms with Crippen LogP contribution in [0.2, 0.25) is 25.2 Å². The predicted octanol–water partition coefficient (Wildman–Crippen LogP) is 3.75. The van der Waals surface area contributed by atoms with Crippen molar-refractivity contribution >= 4 is 37.6 Å². The Balaban J connectivity index is 1.14. The summed E-state index contributed by atoms with van der Waals surface area (Å²) in [6.45, 7) is 7.74. The van der Waals surface area contributed by atoms with Crippen LogP contribution in [0.1, 0.15) is 42.1 Å². The number of aliphatic hydroxyl groups excluding tert-OH is 1. The Morgan fingerprint density at radius 3 is 2.70 bits per heavy atom. The van der Waals surface area contributed by atoms with Crippen LogP contribution in [-0.4, -0.2) is 58.6 Å². The Hall–Kier alpha value is -4.15. The van der Waals surface area contributed by atoms with E-state index in [-0.39, 0.29) is 24.8 Å². The monoisotopic (exact) mass is 612 g/mol. The lowest BCUT2D eigenvalue weighted by atomic mass is 9.80. The fraction of sp³-hybridized carbons (Fsp3) is 0.382.